The number of hydrogen-bond donors (Lipinski definition) is 3. The lowest BCUT2D eigenvalue weighted by Gasteiger charge is -2.31. The first-order chi connectivity index (χ1) is 7.15. The van der Waals surface area contributed by atoms with E-state index in [9.17, 15) is 5.11 Å². The summed E-state index contributed by atoms with van der Waals surface area (Å²) < 4.78 is 0. The number of aliphatic hydroxyl groups excluding tert-OH is 1. The van der Waals surface area contributed by atoms with Crippen molar-refractivity contribution in [3.8, 4) is 0 Å². The van der Waals surface area contributed by atoms with Crippen molar-refractivity contribution >= 4 is 11.5 Å². The van der Waals surface area contributed by atoms with Crippen LogP contribution in [0.25, 0.3) is 0 Å². The van der Waals surface area contributed by atoms with Gasteiger partial charge in [0.1, 0.15) is 5.82 Å². The minimum absolute atomic E-state index is 0.103. The Bertz CT molecular complexity index is 285. The number of nitrogens with one attached hydrogen (secondary N) is 1. The van der Waals surface area contributed by atoms with Gasteiger partial charge in [0, 0.05) is 0 Å². The molecule has 0 atom stereocenters. The molecular formula is C11H19N3O. The summed E-state index contributed by atoms with van der Waals surface area (Å²) in [5, 5.41) is 12.6. The van der Waals surface area contributed by atoms with Crippen LogP contribution in [-0.2, 0) is 0 Å². The molecule has 15 heavy (non-hydrogen) atoms. The fourth-order valence-electron chi connectivity index (χ4n) is 1.44. The molecule has 0 bridgehead atoms. The van der Waals surface area contributed by atoms with Crippen LogP contribution in [0.3, 0.4) is 0 Å². The second-order valence-corrected chi connectivity index (χ2v) is 3.75. The molecule has 0 aliphatic heterocycles. The van der Waals surface area contributed by atoms with Gasteiger partial charge in [-0.3, -0.25) is 0 Å². The van der Waals surface area contributed by atoms with Crippen LogP contribution in [0.5, 0.6) is 0 Å². The lowest BCUT2D eigenvalue weighted by molar-refractivity contribution is 0.202. The van der Waals surface area contributed by atoms with E-state index >= 15 is 0 Å². The summed E-state index contributed by atoms with van der Waals surface area (Å²) in [5.41, 5.74) is 5.92. The predicted octanol–water partition coefficient (Wildman–Crippen LogP) is 1.63. The third-order valence-corrected chi connectivity index (χ3v) is 2.84. The van der Waals surface area contributed by atoms with Crippen LogP contribution in [0.15, 0.2) is 18.3 Å². The van der Waals surface area contributed by atoms with Gasteiger partial charge in [-0.25, -0.2) is 4.98 Å². The Morgan fingerprint density at radius 1 is 1.40 bits per heavy atom. The summed E-state index contributed by atoms with van der Waals surface area (Å²) in [5.74, 6) is 0.752. The highest BCUT2D eigenvalue weighted by Crippen LogP contribution is 2.20. The monoisotopic (exact) mass is 209 g/mol. The zero-order valence-electron chi connectivity index (χ0n) is 9.33. The summed E-state index contributed by atoms with van der Waals surface area (Å²) in [6.07, 6.45) is 3.31. The van der Waals surface area contributed by atoms with Crippen molar-refractivity contribution in [3.05, 3.63) is 18.3 Å². The minimum atomic E-state index is -0.275. The number of rotatable bonds is 5. The van der Waals surface area contributed by atoms with Gasteiger partial charge in [0.2, 0.25) is 0 Å². The first-order valence-electron chi connectivity index (χ1n) is 5.26. The molecule has 1 aromatic heterocycles. The van der Waals surface area contributed by atoms with Crippen molar-refractivity contribution in [2.75, 3.05) is 17.7 Å². The molecule has 1 aromatic rings. The second kappa shape index (κ2) is 4.98. The van der Waals surface area contributed by atoms with E-state index < -0.39 is 0 Å². The molecule has 1 rings (SSSR count). The van der Waals surface area contributed by atoms with Gasteiger partial charge < -0.3 is 16.2 Å². The van der Waals surface area contributed by atoms with Gasteiger partial charge in [0.15, 0.2) is 0 Å². The molecule has 0 amide bonds. The first kappa shape index (κ1) is 11.8. The van der Waals surface area contributed by atoms with Gasteiger partial charge in [-0.2, -0.15) is 0 Å². The molecule has 0 radical (unpaired) electrons. The van der Waals surface area contributed by atoms with Gasteiger partial charge in [-0.15, -0.1) is 0 Å². The second-order valence-electron chi connectivity index (χ2n) is 3.75. The SMILES string of the molecule is CCC(CC)(CO)Nc1ccc(N)cn1. The third kappa shape index (κ3) is 2.83. The molecule has 1 heterocycles. The van der Waals surface area contributed by atoms with Gasteiger partial charge >= 0.3 is 0 Å². The number of nitrogen functional groups attached to an aromatic ring is 1. The van der Waals surface area contributed by atoms with E-state index in [1.54, 1.807) is 12.3 Å². The minimum Gasteiger partial charge on any atom is -0.397 e. The van der Waals surface area contributed by atoms with Crippen molar-refractivity contribution < 1.29 is 5.11 Å². The zero-order chi connectivity index (χ0) is 11.3. The summed E-state index contributed by atoms with van der Waals surface area (Å²) in [6.45, 7) is 4.19. The van der Waals surface area contributed by atoms with Gasteiger partial charge in [-0.05, 0) is 25.0 Å². The van der Waals surface area contributed by atoms with Gasteiger partial charge in [0.25, 0.3) is 0 Å². The van der Waals surface area contributed by atoms with Crippen LogP contribution < -0.4 is 11.1 Å². The van der Waals surface area contributed by atoms with Crippen molar-refractivity contribution in [1.82, 2.24) is 4.98 Å². The molecule has 0 fully saturated rings. The zero-order valence-corrected chi connectivity index (χ0v) is 9.33. The van der Waals surface area contributed by atoms with Crippen LogP contribution in [0.2, 0.25) is 0 Å². The topological polar surface area (TPSA) is 71.2 Å². The summed E-state index contributed by atoms with van der Waals surface area (Å²) in [7, 11) is 0. The number of hydrogen-bond acceptors (Lipinski definition) is 4. The summed E-state index contributed by atoms with van der Waals surface area (Å²) in [4.78, 5) is 4.16. The van der Waals surface area contributed by atoms with Crippen molar-refractivity contribution in [2.45, 2.75) is 32.2 Å². The normalized spacial score (nSPS) is 11.4. The smallest absolute Gasteiger partial charge is 0.126 e. The first-order valence-corrected chi connectivity index (χ1v) is 5.26. The molecule has 4 heteroatoms. The van der Waals surface area contributed by atoms with Crippen molar-refractivity contribution in [1.29, 1.82) is 0 Å². The van der Waals surface area contributed by atoms with Crippen LogP contribution in [0.1, 0.15) is 26.7 Å². The van der Waals surface area contributed by atoms with Crippen LogP contribution in [-0.4, -0.2) is 22.2 Å². The Balaban J connectivity index is 2.78. The largest absolute Gasteiger partial charge is 0.397 e. The maximum Gasteiger partial charge on any atom is 0.126 e. The van der Waals surface area contributed by atoms with E-state index in [4.69, 9.17) is 5.73 Å². The lowest BCUT2D eigenvalue weighted by Crippen LogP contribution is -2.41. The Labute approximate surface area is 90.5 Å². The summed E-state index contributed by atoms with van der Waals surface area (Å²) in [6, 6.07) is 3.62. The third-order valence-electron chi connectivity index (χ3n) is 2.84. The molecule has 0 saturated heterocycles. The fraction of sp³-hybridized carbons (Fsp3) is 0.545. The van der Waals surface area contributed by atoms with E-state index in [1.165, 1.54) is 0 Å². The molecule has 84 valence electrons. The number of nitrogens with two attached hydrogens (primary N) is 1. The van der Waals surface area contributed by atoms with Gasteiger partial charge in [-0.1, -0.05) is 13.8 Å². The number of pyridine rings is 1. The number of aromatic nitrogens is 1. The molecule has 0 aliphatic rings. The maximum atomic E-state index is 9.38. The number of nitrogens with zero attached hydrogens (tertiary/aromatic N) is 1. The highest BCUT2D eigenvalue weighted by molar-refractivity contribution is 5.45. The highest BCUT2D eigenvalue weighted by atomic mass is 16.3. The van der Waals surface area contributed by atoms with Crippen LogP contribution >= 0.6 is 0 Å². The molecule has 0 saturated carbocycles. The van der Waals surface area contributed by atoms with Gasteiger partial charge in [0.05, 0.1) is 24.0 Å². The summed E-state index contributed by atoms with van der Waals surface area (Å²) >= 11 is 0. The average molecular weight is 209 g/mol. The fourth-order valence-corrected chi connectivity index (χ4v) is 1.44. The quantitative estimate of drug-likeness (QED) is 0.689. The Morgan fingerprint density at radius 3 is 2.47 bits per heavy atom. The van der Waals surface area contributed by atoms with E-state index in [0.29, 0.717) is 5.69 Å². The lowest BCUT2D eigenvalue weighted by atomic mass is 9.94. The Kier molecular flexibility index (Phi) is 3.91. The molecule has 0 aromatic carbocycles. The molecule has 4 nitrogen and oxygen atoms in total. The van der Waals surface area contributed by atoms with E-state index in [2.05, 4.69) is 10.3 Å². The van der Waals surface area contributed by atoms with Crippen LogP contribution in [0, 0.1) is 0 Å². The Morgan fingerprint density at radius 2 is 2.07 bits per heavy atom. The molecule has 0 aliphatic carbocycles. The van der Waals surface area contributed by atoms with E-state index in [1.807, 2.05) is 19.9 Å². The molecule has 4 N–H and O–H groups in total. The van der Waals surface area contributed by atoms with Crippen LogP contribution in [0.4, 0.5) is 11.5 Å². The highest BCUT2D eigenvalue weighted by Gasteiger charge is 2.24. The number of aliphatic hydroxyl groups is 1. The Hall–Kier alpha value is -1.29. The van der Waals surface area contributed by atoms with Crippen molar-refractivity contribution in [2.24, 2.45) is 0 Å². The molecular weight excluding hydrogens is 190 g/mol. The maximum absolute atomic E-state index is 9.38. The number of anilines is 2. The van der Waals surface area contributed by atoms with Crippen molar-refractivity contribution in [3.63, 3.8) is 0 Å². The van der Waals surface area contributed by atoms with E-state index in [0.717, 1.165) is 18.7 Å². The van der Waals surface area contributed by atoms with E-state index in [-0.39, 0.29) is 12.1 Å². The standard InChI is InChI=1S/C11H19N3O/c1-3-11(4-2,8-15)14-10-6-5-9(12)7-13-10/h5-7,15H,3-4,8,12H2,1-2H3,(H,13,14). The molecule has 0 unspecified atom stereocenters. The average Bonchev–Trinajstić information content (AvgIpc) is 2.29. The molecule has 0 spiro atoms. The predicted molar refractivity (Wildman–Crippen MR) is 62.7 cm³/mol.